The minimum absolute atomic E-state index is 0.131. The molecule has 1 aromatic carbocycles. The van der Waals surface area contributed by atoms with E-state index in [9.17, 15) is 0 Å². The SMILES string of the molecule is CCC1(C)CCN(c2cccc(Br)c2C(=N)N)CC1. The Morgan fingerprint density at radius 1 is 1.42 bits per heavy atom. The predicted octanol–water partition coefficient (Wildman–Crippen LogP) is 3.75. The Morgan fingerprint density at radius 3 is 2.58 bits per heavy atom. The van der Waals surface area contributed by atoms with Crippen LogP contribution >= 0.6 is 15.9 Å². The largest absolute Gasteiger partial charge is 0.384 e. The Kier molecular flexibility index (Phi) is 4.19. The average Bonchev–Trinajstić information content (AvgIpc) is 2.39. The number of rotatable bonds is 3. The van der Waals surface area contributed by atoms with E-state index in [2.05, 4.69) is 40.7 Å². The summed E-state index contributed by atoms with van der Waals surface area (Å²) in [5.74, 6) is 0.131. The molecular weight excluding hydrogens is 302 g/mol. The Morgan fingerprint density at radius 2 is 2.05 bits per heavy atom. The normalized spacial score (nSPS) is 18.4. The molecule has 1 fully saturated rings. The van der Waals surface area contributed by atoms with Crippen molar-refractivity contribution in [1.82, 2.24) is 0 Å². The zero-order chi connectivity index (χ0) is 14.0. The second-order valence-corrected chi connectivity index (χ2v) is 6.55. The maximum Gasteiger partial charge on any atom is 0.126 e. The lowest BCUT2D eigenvalue weighted by molar-refractivity contribution is 0.238. The number of benzene rings is 1. The van der Waals surface area contributed by atoms with Gasteiger partial charge >= 0.3 is 0 Å². The fourth-order valence-electron chi connectivity index (χ4n) is 2.68. The van der Waals surface area contributed by atoms with E-state index in [1.165, 1.54) is 19.3 Å². The van der Waals surface area contributed by atoms with Crippen molar-refractivity contribution < 1.29 is 0 Å². The minimum atomic E-state index is 0.131. The van der Waals surface area contributed by atoms with Gasteiger partial charge in [0, 0.05) is 23.2 Å². The molecule has 0 amide bonds. The van der Waals surface area contributed by atoms with Crippen LogP contribution in [0.15, 0.2) is 22.7 Å². The second-order valence-electron chi connectivity index (χ2n) is 5.70. The summed E-state index contributed by atoms with van der Waals surface area (Å²) in [7, 11) is 0. The fourth-order valence-corrected chi connectivity index (χ4v) is 3.25. The van der Waals surface area contributed by atoms with Gasteiger partial charge in [-0.05, 0) is 46.3 Å². The molecule has 0 unspecified atom stereocenters. The number of nitrogens with zero attached hydrogens (tertiary/aromatic N) is 1. The molecule has 1 aliphatic rings. The quantitative estimate of drug-likeness (QED) is 0.657. The van der Waals surface area contributed by atoms with Gasteiger partial charge < -0.3 is 10.6 Å². The van der Waals surface area contributed by atoms with Crippen LogP contribution in [-0.4, -0.2) is 18.9 Å². The molecule has 3 nitrogen and oxygen atoms in total. The topological polar surface area (TPSA) is 53.1 Å². The van der Waals surface area contributed by atoms with Crippen LogP contribution in [0.3, 0.4) is 0 Å². The Balaban J connectivity index is 2.25. The summed E-state index contributed by atoms with van der Waals surface area (Å²) < 4.78 is 0.904. The Bertz CT molecular complexity index is 476. The molecule has 1 saturated heterocycles. The molecule has 0 atom stereocenters. The van der Waals surface area contributed by atoms with Gasteiger partial charge in [0.25, 0.3) is 0 Å². The van der Waals surface area contributed by atoms with Crippen LogP contribution < -0.4 is 10.6 Å². The molecule has 1 heterocycles. The molecule has 0 aliphatic carbocycles. The van der Waals surface area contributed by atoms with Crippen LogP contribution in [0.5, 0.6) is 0 Å². The molecule has 3 N–H and O–H groups in total. The highest BCUT2D eigenvalue weighted by atomic mass is 79.9. The number of anilines is 1. The van der Waals surface area contributed by atoms with Crippen molar-refractivity contribution in [2.75, 3.05) is 18.0 Å². The van der Waals surface area contributed by atoms with Gasteiger partial charge in [-0.25, -0.2) is 0 Å². The second kappa shape index (κ2) is 5.53. The maximum absolute atomic E-state index is 7.77. The summed E-state index contributed by atoms with van der Waals surface area (Å²) in [5, 5.41) is 7.77. The van der Waals surface area contributed by atoms with Crippen LogP contribution in [0.25, 0.3) is 0 Å². The van der Waals surface area contributed by atoms with E-state index in [1.807, 2.05) is 12.1 Å². The number of hydrogen-bond acceptors (Lipinski definition) is 2. The zero-order valence-corrected chi connectivity index (χ0v) is 13.3. The molecule has 0 spiro atoms. The summed E-state index contributed by atoms with van der Waals surface area (Å²) in [5.41, 5.74) is 8.10. The van der Waals surface area contributed by atoms with Crippen LogP contribution in [-0.2, 0) is 0 Å². The predicted molar refractivity (Wildman–Crippen MR) is 85.0 cm³/mol. The summed E-state index contributed by atoms with van der Waals surface area (Å²) in [6.45, 7) is 6.73. The highest BCUT2D eigenvalue weighted by Gasteiger charge is 2.29. The molecule has 1 aromatic rings. The first-order valence-electron chi connectivity index (χ1n) is 6.85. The van der Waals surface area contributed by atoms with Crippen LogP contribution in [0.4, 0.5) is 5.69 Å². The van der Waals surface area contributed by atoms with E-state index in [0.29, 0.717) is 5.41 Å². The van der Waals surface area contributed by atoms with E-state index in [1.54, 1.807) is 0 Å². The first kappa shape index (κ1) is 14.4. The van der Waals surface area contributed by atoms with E-state index in [4.69, 9.17) is 11.1 Å². The third-order valence-corrected chi connectivity index (χ3v) is 5.09. The van der Waals surface area contributed by atoms with Gasteiger partial charge in [0.15, 0.2) is 0 Å². The molecule has 4 heteroatoms. The van der Waals surface area contributed by atoms with Crippen molar-refractivity contribution in [3.8, 4) is 0 Å². The first-order valence-corrected chi connectivity index (χ1v) is 7.64. The first-order chi connectivity index (χ1) is 8.97. The summed E-state index contributed by atoms with van der Waals surface area (Å²) in [6, 6.07) is 6.02. The third-order valence-electron chi connectivity index (χ3n) is 4.43. The molecule has 0 radical (unpaired) electrons. The molecule has 104 valence electrons. The fraction of sp³-hybridized carbons (Fsp3) is 0.533. The van der Waals surface area contributed by atoms with E-state index in [0.717, 1.165) is 28.8 Å². The van der Waals surface area contributed by atoms with Gasteiger partial charge in [0.2, 0.25) is 0 Å². The Labute approximate surface area is 123 Å². The highest BCUT2D eigenvalue weighted by Crippen LogP contribution is 2.37. The van der Waals surface area contributed by atoms with Crippen molar-refractivity contribution in [3.05, 3.63) is 28.2 Å². The van der Waals surface area contributed by atoms with Gasteiger partial charge in [-0.3, -0.25) is 5.41 Å². The molecule has 2 rings (SSSR count). The molecule has 19 heavy (non-hydrogen) atoms. The Hall–Kier alpha value is -1.03. The highest BCUT2D eigenvalue weighted by molar-refractivity contribution is 9.10. The zero-order valence-electron chi connectivity index (χ0n) is 11.7. The molecule has 0 bridgehead atoms. The van der Waals surface area contributed by atoms with E-state index >= 15 is 0 Å². The lowest BCUT2D eigenvalue weighted by Gasteiger charge is -2.40. The molecule has 1 aliphatic heterocycles. The lowest BCUT2D eigenvalue weighted by atomic mass is 9.78. The number of amidine groups is 1. The smallest absolute Gasteiger partial charge is 0.126 e. The maximum atomic E-state index is 7.77. The number of piperidine rings is 1. The van der Waals surface area contributed by atoms with Crippen molar-refractivity contribution in [2.24, 2.45) is 11.1 Å². The van der Waals surface area contributed by atoms with Crippen molar-refractivity contribution >= 4 is 27.5 Å². The van der Waals surface area contributed by atoms with Gasteiger partial charge in [-0.1, -0.05) is 26.3 Å². The van der Waals surface area contributed by atoms with Crippen molar-refractivity contribution in [2.45, 2.75) is 33.1 Å². The molecule has 0 saturated carbocycles. The monoisotopic (exact) mass is 323 g/mol. The number of halogens is 1. The van der Waals surface area contributed by atoms with Gasteiger partial charge in [-0.15, -0.1) is 0 Å². The minimum Gasteiger partial charge on any atom is -0.384 e. The lowest BCUT2D eigenvalue weighted by Crippen LogP contribution is -2.39. The molecule has 0 aromatic heterocycles. The number of nitrogen functional groups attached to an aromatic ring is 1. The molecular formula is C15H22BrN3. The summed E-state index contributed by atoms with van der Waals surface area (Å²) in [6.07, 6.45) is 3.64. The third kappa shape index (κ3) is 2.94. The summed E-state index contributed by atoms with van der Waals surface area (Å²) >= 11 is 3.50. The van der Waals surface area contributed by atoms with Crippen molar-refractivity contribution in [1.29, 1.82) is 5.41 Å². The standard InChI is InChI=1S/C15H22BrN3/c1-3-15(2)7-9-19(10-8-15)12-6-4-5-11(16)13(12)14(17)18/h4-6H,3,7-10H2,1-2H3,(H3,17,18). The van der Waals surface area contributed by atoms with Gasteiger partial charge in [-0.2, -0.15) is 0 Å². The van der Waals surface area contributed by atoms with Crippen molar-refractivity contribution in [3.63, 3.8) is 0 Å². The number of nitrogens with one attached hydrogen (secondary N) is 1. The van der Waals surface area contributed by atoms with Crippen LogP contribution in [0.2, 0.25) is 0 Å². The average molecular weight is 324 g/mol. The van der Waals surface area contributed by atoms with E-state index in [-0.39, 0.29) is 5.84 Å². The van der Waals surface area contributed by atoms with E-state index < -0.39 is 0 Å². The van der Waals surface area contributed by atoms with Crippen LogP contribution in [0, 0.1) is 10.8 Å². The van der Waals surface area contributed by atoms with Gasteiger partial charge in [0.1, 0.15) is 5.84 Å². The van der Waals surface area contributed by atoms with Gasteiger partial charge in [0.05, 0.1) is 5.56 Å². The number of nitrogens with two attached hydrogens (primary N) is 1. The summed E-state index contributed by atoms with van der Waals surface area (Å²) in [4.78, 5) is 2.36. The number of hydrogen-bond donors (Lipinski definition) is 2. The van der Waals surface area contributed by atoms with Crippen LogP contribution in [0.1, 0.15) is 38.7 Å².